The molecule has 0 atom stereocenters. The summed E-state index contributed by atoms with van der Waals surface area (Å²) in [6.07, 6.45) is 0. The highest BCUT2D eigenvalue weighted by atomic mass is 32.1. The molecule has 0 radical (unpaired) electrons. The van der Waals surface area contributed by atoms with E-state index in [2.05, 4.69) is 51.3 Å². The second-order valence-electron chi connectivity index (χ2n) is 4.30. The largest absolute Gasteiger partial charge is 0.369 e. The number of nitrogens with zero attached hydrogens (tertiary/aromatic N) is 1. The summed E-state index contributed by atoms with van der Waals surface area (Å²) in [6, 6.07) is 11.1. The minimum Gasteiger partial charge on any atom is -0.369 e. The van der Waals surface area contributed by atoms with Gasteiger partial charge in [0.2, 0.25) is 0 Å². The van der Waals surface area contributed by atoms with Crippen LogP contribution in [0.1, 0.15) is 0 Å². The van der Waals surface area contributed by atoms with Gasteiger partial charge in [-0.15, -0.1) is 0 Å². The average molecular weight is 244 g/mol. The lowest BCUT2D eigenvalue weighted by Crippen LogP contribution is -2.43. The van der Waals surface area contributed by atoms with E-state index in [0.29, 0.717) is 0 Å². The molecule has 0 saturated carbocycles. The van der Waals surface area contributed by atoms with Crippen LogP contribution in [0.2, 0.25) is 0 Å². The summed E-state index contributed by atoms with van der Waals surface area (Å²) >= 11 is 1.75. The third-order valence-corrected chi connectivity index (χ3v) is 3.89. The van der Waals surface area contributed by atoms with Crippen LogP contribution >= 0.6 is 11.3 Å². The first kappa shape index (κ1) is 10.8. The van der Waals surface area contributed by atoms with Crippen LogP contribution in [-0.2, 0) is 0 Å². The van der Waals surface area contributed by atoms with E-state index in [1.165, 1.54) is 16.8 Å². The van der Waals surface area contributed by atoms with E-state index in [1.54, 1.807) is 11.3 Å². The Bertz CT molecular complexity index is 455. The Kier molecular flexibility index (Phi) is 3.12. The molecular weight excluding hydrogens is 228 g/mol. The van der Waals surface area contributed by atoms with Gasteiger partial charge in [0.15, 0.2) is 0 Å². The zero-order valence-electron chi connectivity index (χ0n) is 9.73. The van der Waals surface area contributed by atoms with Gasteiger partial charge in [0.05, 0.1) is 0 Å². The zero-order valence-corrected chi connectivity index (χ0v) is 10.5. The molecule has 2 nitrogen and oxygen atoms in total. The highest BCUT2D eigenvalue weighted by Crippen LogP contribution is 2.25. The van der Waals surface area contributed by atoms with Crippen LogP contribution in [-0.4, -0.2) is 26.2 Å². The van der Waals surface area contributed by atoms with Gasteiger partial charge in [-0.05, 0) is 40.1 Å². The molecule has 1 aliphatic heterocycles. The zero-order chi connectivity index (χ0) is 11.5. The smallest absolute Gasteiger partial charge is 0.0367 e. The molecule has 0 unspecified atom stereocenters. The fraction of sp³-hybridized carbons (Fsp3) is 0.286. The van der Waals surface area contributed by atoms with Crippen LogP contribution in [0, 0.1) is 0 Å². The summed E-state index contributed by atoms with van der Waals surface area (Å²) in [4.78, 5) is 2.44. The van der Waals surface area contributed by atoms with Gasteiger partial charge in [-0.1, -0.05) is 12.1 Å². The lowest BCUT2D eigenvalue weighted by atomic mass is 10.1. The number of anilines is 1. The molecule has 88 valence electrons. The molecule has 1 aromatic carbocycles. The number of hydrogen-bond acceptors (Lipinski definition) is 3. The maximum Gasteiger partial charge on any atom is 0.0367 e. The Hall–Kier alpha value is -1.32. The van der Waals surface area contributed by atoms with Crippen LogP contribution < -0.4 is 10.2 Å². The molecule has 2 heterocycles. The van der Waals surface area contributed by atoms with Crippen molar-refractivity contribution in [2.75, 3.05) is 31.1 Å². The molecule has 1 N–H and O–H groups in total. The minimum absolute atomic E-state index is 1.09. The van der Waals surface area contributed by atoms with Gasteiger partial charge in [0, 0.05) is 31.9 Å². The van der Waals surface area contributed by atoms with Crippen molar-refractivity contribution in [3.8, 4) is 11.1 Å². The number of hydrogen-bond donors (Lipinski definition) is 1. The summed E-state index contributed by atoms with van der Waals surface area (Å²) in [5, 5.41) is 7.70. The second-order valence-corrected chi connectivity index (χ2v) is 5.08. The highest BCUT2D eigenvalue weighted by molar-refractivity contribution is 7.08. The lowest BCUT2D eigenvalue weighted by molar-refractivity contribution is 0.589. The van der Waals surface area contributed by atoms with E-state index >= 15 is 0 Å². The summed E-state index contributed by atoms with van der Waals surface area (Å²) in [5.74, 6) is 0. The molecule has 3 heteroatoms. The van der Waals surface area contributed by atoms with E-state index < -0.39 is 0 Å². The molecule has 0 bridgehead atoms. The summed E-state index contributed by atoms with van der Waals surface area (Å²) in [6.45, 7) is 4.40. The van der Waals surface area contributed by atoms with Gasteiger partial charge in [-0.3, -0.25) is 0 Å². The molecule has 1 aromatic heterocycles. The van der Waals surface area contributed by atoms with Gasteiger partial charge in [0.1, 0.15) is 0 Å². The van der Waals surface area contributed by atoms with Crippen LogP contribution in [0.25, 0.3) is 11.1 Å². The molecule has 1 saturated heterocycles. The van der Waals surface area contributed by atoms with Crippen LogP contribution in [0.4, 0.5) is 5.69 Å². The Labute approximate surface area is 106 Å². The fourth-order valence-electron chi connectivity index (χ4n) is 2.22. The van der Waals surface area contributed by atoms with Crippen molar-refractivity contribution in [3.63, 3.8) is 0 Å². The molecule has 0 spiro atoms. The number of benzene rings is 1. The van der Waals surface area contributed by atoms with Crippen molar-refractivity contribution in [2.45, 2.75) is 0 Å². The van der Waals surface area contributed by atoms with E-state index in [-0.39, 0.29) is 0 Å². The summed E-state index contributed by atoms with van der Waals surface area (Å²) < 4.78 is 0. The predicted molar refractivity (Wildman–Crippen MR) is 74.8 cm³/mol. The van der Waals surface area contributed by atoms with Crippen LogP contribution in [0.15, 0.2) is 41.1 Å². The Morgan fingerprint density at radius 3 is 2.35 bits per heavy atom. The van der Waals surface area contributed by atoms with Gasteiger partial charge in [-0.2, -0.15) is 11.3 Å². The molecule has 17 heavy (non-hydrogen) atoms. The first-order valence-electron chi connectivity index (χ1n) is 6.02. The van der Waals surface area contributed by atoms with Gasteiger partial charge in [0.25, 0.3) is 0 Å². The summed E-state index contributed by atoms with van der Waals surface area (Å²) in [5.41, 5.74) is 3.97. The Morgan fingerprint density at radius 2 is 1.71 bits per heavy atom. The van der Waals surface area contributed by atoms with Crippen LogP contribution in [0.5, 0.6) is 0 Å². The first-order valence-corrected chi connectivity index (χ1v) is 6.96. The van der Waals surface area contributed by atoms with E-state index in [0.717, 1.165) is 26.2 Å². The van der Waals surface area contributed by atoms with Crippen LogP contribution in [0.3, 0.4) is 0 Å². The first-order chi connectivity index (χ1) is 8.43. The van der Waals surface area contributed by atoms with Crippen molar-refractivity contribution in [1.29, 1.82) is 0 Å². The van der Waals surface area contributed by atoms with E-state index in [4.69, 9.17) is 0 Å². The van der Waals surface area contributed by atoms with E-state index in [1.807, 2.05) is 0 Å². The Morgan fingerprint density at radius 1 is 0.941 bits per heavy atom. The third-order valence-electron chi connectivity index (χ3n) is 3.20. The van der Waals surface area contributed by atoms with E-state index in [9.17, 15) is 0 Å². The number of thiophene rings is 1. The molecule has 0 aliphatic carbocycles. The van der Waals surface area contributed by atoms with Crippen molar-refractivity contribution < 1.29 is 0 Å². The maximum atomic E-state index is 3.38. The molecule has 2 aromatic rings. The standard InChI is InChI=1S/C14H16N2S/c1-3-14(16-8-6-15-7-9-16)4-2-12(1)13-5-10-17-11-13/h1-5,10-11,15H,6-9H2. The number of piperazine rings is 1. The third kappa shape index (κ3) is 2.35. The second kappa shape index (κ2) is 4.90. The molecule has 1 fully saturated rings. The summed E-state index contributed by atoms with van der Waals surface area (Å²) in [7, 11) is 0. The number of nitrogens with one attached hydrogen (secondary N) is 1. The fourth-order valence-corrected chi connectivity index (χ4v) is 2.88. The van der Waals surface area contributed by atoms with Crippen molar-refractivity contribution >= 4 is 17.0 Å². The maximum absolute atomic E-state index is 3.38. The molecular formula is C14H16N2S. The lowest BCUT2D eigenvalue weighted by Gasteiger charge is -2.29. The molecule has 3 rings (SSSR count). The number of rotatable bonds is 2. The topological polar surface area (TPSA) is 15.3 Å². The van der Waals surface area contributed by atoms with Crippen molar-refractivity contribution in [3.05, 3.63) is 41.1 Å². The predicted octanol–water partition coefficient (Wildman–Crippen LogP) is 2.82. The molecule has 1 aliphatic rings. The highest BCUT2D eigenvalue weighted by Gasteiger charge is 2.09. The minimum atomic E-state index is 1.09. The van der Waals surface area contributed by atoms with Crippen molar-refractivity contribution in [1.82, 2.24) is 5.32 Å². The quantitative estimate of drug-likeness (QED) is 0.874. The van der Waals surface area contributed by atoms with Gasteiger partial charge < -0.3 is 10.2 Å². The monoisotopic (exact) mass is 244 g/mol. The van der Waals surface area contributed by atoms with Gasteiger partial charge in [-0.25, -0.2) is 0 Å². The Balaban J connectivity index is 1.80. The average Bonchev–Trinajstić information content (AvgIpc) is 2.94. The SMILES string of the molecule is c1cc(-c2ccc(N3CCNCC3)cc2)cs1. The molecule has 0 amide bonds. The normalized spacial score (nSPS) is 16.1. The van der Waals surface area contributed by atoms with Gasteiger partial charge >= 0.3 is 0 Å². The van der Waals surface area contributed by atoms with Crippen molar-refractivity contribution in [2.24, 2.45) is 0 Å².